The van der Waals surface area contributed by atoms with Gasteiger partial charge in [-0.2, -0.15) is 15.2 Å². The van der Waals surface area contributed by atoms with Gasteiger partial charge in [0.1, 0.15) is 12.4 Å². The highest BCUT2D eigenvalue weighted by Crippen LogP contribution is 2.35. The average molecular weight is 646 g/mol. The summed E-state index contributed by atoms with van der Waals surface area (Å²) in [6.45, 7) is 7.14. The fraction of sp³-hybridized carbons (Fsp3) is 0.419. The molecule has 2 saturated heterocycles. The number of hydrogen-bond acceptors (Lipinski definition) is 9. The first-order valence-corrected chi connectivity index (χ1v) is 15.3. The number of carbonyl (C=O) groups excluding carboxylic acids is 2. The molecule has 0 unspecified atom stereocenters. The molecule has 12 heteroatoms. The zero-order valence-corrected chi connectivity index (χ0v) is 25.7. The molecule has 3 aromatic rings. The van der Waals surface area contributed by atoms with Crippen molar-refractivity contribution in [1.82, 2.24) is 29.7 Å². The summed E-state index contributed by atoms with van der Waals surface area (Å²) < 4.78 is 7.01. The van der Waals surface area contributed by atoms with Crippen LogP contribution in [0, 0.1) is 11.3 Å². The van der Waals surface area contributed by atoms with Gasteiger partial charge >= 0.3 is 6.01 Å². The van der Waals surface area contributed by atoms with Crippen LogP contribution in [0.4, 0.5) is 5.82 Å². The van der Waals surface area contributed by atoms with Crippen molar-refractivity contribution in [2.24, 2.45) is 0 Å². The van der Waals surface area contributed by atoms with Crippen LogP contribution in [0.2, 0.25) is 0 Å². The highest BCUT2D eigenvalue weighted by Gasteiger charge is 2.36. The minimum atomic E-state index is -0.315. The highest BCUT2D eigenvalue weighted by atomic mass is 79.9. The minimum Gasteiger partial charge on any atom is -0.462 e. The van der Waals surface area contributed by atoms with E-state index in [0.717, 1.165) is 45.9 Å². The Kier molecular flexibility index (Phi) is 8.27. The molecule has 2 amide bonds. The molecule has 3 aliphatic rings. The maximum Gasteiger partial charge on any atom is 0.318 e. The molecule has 222 valence electrons. The molecule has 0 spiro atoms. The molecule has 0 N–H and O–H groups in total. The third kappa shape index (κ3) is 5.67. The molecule has 0 saturated carbocycles. The lowest BCUT2D eigenvalue weighted by Crippen LogP contribution is -2.55. The molecular formula is C31H33BrN8O3. The van der Waals surface area contributed by atoms with Crippen LogP contribution in [0.15, 0.2) is 47.7 Å². The minimum absolute atomic E-state index is 0.146. The number of likely N-dealkylation sites (tertiary alicyclic amines) is 1. The predicted octanol–water partition coefficient (Wildman–Crippen LogP) is 3.53. The van der Waals surface area contributed by atoms with Crippen LogP contribution in [0.25, 0.3) is 10.8 Å². The van der Waals surface area contributed by atoms with Crippen molar-refractivity contribution in [3.63, 3.8) is 0 Å². The van der Waals surface area contributed by atoms with Gasteiger partial charge in [0.15, 0.2) is 0 Å². The Hall–Kier alpha value is -4.08. The summed E-state index contributed by atoms with van der Waals surface area (Å²) in [5.41, 5.74) is 2.10. The summed E-state index contributed by atoms with van der Waals surface area (Å²) in [6, 6.07) is 8.25. The van der Waals surface area contributed by atoms with Crippen molar-refractivity contribution in [3.05, 3.63) is 64.5 Å². The van der Waals surface area contributed by atoms with E-state index in [-0.39, 0.29) is 30.3 Å². The Labute approximate surface area is 258 Å². The Morgan fingerprint density at radius 1 is 1.19 bits per heavy atom. The van der Waals surface area contributed by atoms with Gasteiger partial charge in [-0.1, -0.05) is 34.6 Å². The number of ether oxygens (including phenoxy) is 1. The van der Waals surface area contributed by atoms with Gasteiger partial charge in [-0.3, -0.25) is 14.6 Å². The van der Waals surface area contributed by atoms with Crippen LogP contribution < -0.4 is 9.64 Å². The molecule has 0 radical (unpaired) electrons. The van der Waals surface area contributed by atoms with Gasteiger partial charge in [0, 0.05) is 58.9 Å². The molecule has 3 aliphatic heterocycles. The molecule has 0 bridgehead atoms. The van der Waals surface area contributed by atoms with Gasteiger partial charge in [-0.25, -0.2) is 0 Å². The third-order valence-corrected chi connectivity index (χ3v) is 9.29. The molecule has 5 heterocycles. The number of fused-ring (bicyclic) bond motifs is 2. The predicted molar refractivity (Wildman–Crippen MR) is 164 cm³/mol. The molecule has 6 rings (SSSR count). The van der Waals surface area contributed by atoms with E-state index in [0.29, 0.717) is 56.8 Å². The van der Waals surface area contributed by atoms with E-state index in [1.54, 1.807) is 22.2 Å². The van der Waals surface area contributed by atoms with Crippen LogP contribution in [0.1, 0.15) is 40.9 Å². The number of pyridine rings is 1. The first-order chi connectivity index (χ1) is 20.9. The lowest BCUT2D eigenvalue weighted by atomic mass is 10.1. The highest BCUT2D eigenvalue weighted by molar-refractivity contribution is 9.10. The van der Waals surface area contributed by atoms with Gasteiger partial charge in [-0.05, 0) is 38.6 Å². The summed E-state index contributed by atoms with van der Waals surface area (Å²) in [4.78, 5) is 48.3. The number of nitriles is 1. The summed E-state index contributed by atoms with van der Waals surface area (Å²) in [6.07, 6.45) is 7.02. The lowest BCUT2D eigenvalue weighted by Gasteiger charge is -2.41. The molecular weight excluding hydrogens is 612 g/mol. The van der Waals surface area contributed by atoms with E-state index in [9.17, 15) is 14.9 Å². The summed E-state index contributed by atoms with van der Waals surface area (Å²) in [7, 11) is 2.10. The van der Waals surface area contributed by atoms with Crippen LogP contribution in [0.3, 0.4) is 0 Å². The third-order valence-electron chi connectivity index (χ3n) is 8.63. The van der Waals surface area contributed by atoms with Crippen molar-refractivity contribution in [2.45, 2.75) is 44.4 Å². The number of hydrogen-bond donors (Lipinski definition) is 0. The van der Waals surface area contributed by atoms with E-state index in [1.807, 2.05) is 18.2 Å². The normalized spacial score (nSPS) is 20.3. The number of piperazine rings is 1. The smallest absolute Gasteiger partial charge is 0.318 e. The molecule has 2 atom stereocenters. The largest absolute Gasteiger partial charge is 0.462 e. The number of benzene rings is 1. The van der Waals surface area contributed by atoms with Crippen LogP contribution in [0.5, 0.6) is 6.01 Å². The van der Waals surface area contributed by atoms with Gasteiger partial charge in [0.05, 0.1) is 42.9 Å². The number of likely N-dealkylation sites (N-methyl/N-ethyl adjacent to an activating group) is 1. The number of rotatable bonds is 7. The number of nitrogens with zero attached hydrogens (tertiary/aromatic N) is 8. The van der Waals surface area contributed by atoms with Crippen molar-refractivity contribution >= 4 is 44.3 Å². The Balaban J connectivity index is 1.32. The van der Waals surface area contributed by atoms with Crippen molar-refractivity contribution < 1.29 is 14.3 Å². The number of anilines is 1. The zero-order valence-electron chi connectivity index (χ0n) is 24.1. The summed E-state index contributed by atoms with van der Waals surface area (Å²) in [5.74, 6) is 0.345. The van der Waals surface area contributed by atoms with Gasteiger partial charge < -0.3 is 24.3 Å². The van der Waals surface area contributed by atoms with E-state index in [2.05, 4.69) is 50.4 Å². The molecule has 2 aromatic heterocycles. The topological polar surface area (TPSA) is 119 Å². The van der Waals surface area contributed by atoms with Crippen LogP contribution in [-0.2, 0) is 17.9 Å². The van der Waals surface area contributed by atoms with Crippen molar-refractivity contribution in [2.75, 3.05) is 44.7 Å². The first kappa shape index (κ1) is 29.0. The second-order valence-corrected chi connectivity index (χ2v) is 12.1. The Morgan fingerprint density at radius 2 is 2.05 bits per heavy atom. The van der Waals surface area contributed by atoms with Gasteiger partial charge in [0.2, 0.25) is 5.91 Å². The molecule has 11 nitrogen and oxygen atoms in total. The Bertz CT molecular complexity index is 1620. The second kappa shape index (κ2) is 12.3. The van der Waals surface area contributed by atoms with Crippen molar-refractivity contribution in [3.8, 4) is 12.1 Å². The van der Waals surface area contributed by atoms with E-state index >= 15 is 0 Å². The second-order valence-electron chi connectivity index (χ2n) is 11.2. The quantitative estimate of drug-likeness (QED) is 0.356. The van der Waals surface area contributed by atoms with E-state index in [1.165, 1.54) is 6.08 Å². The Morgan fingerprint density at radius 3 is 2.81 bits per heavy atom. The number of halogens is 1. The molecule has 2 fully saturated rings. The SMILES string of the molecule is C=CC(=O)N1CCN(c2nc(OC[C@@H]3CCCN3C)nc3c2CN(C(=O)c2cncc4cccc(Br)c24)C3)C[C@@H]1CC#N. The van der Waals surface area contributed by atoms with Gasteiger partial charge in [-0.15, -0.1) is 0 Å². The zero-order chi connectivity index (χ0) is 30.1. The van der Waals surface area contributed by atoms with E-state index in [4.69, 9.17) is 14.7 Å². The van der Waals surface area contributed by atoms with Crippen molar-refractivity contribution in [1.29, 1.82) is 5.26 Å². The molecule has 1 aromatic carbocycles. The average Bonchev–Trinajstić information content (AvgIpc) is 3.64. The van der Waals surface area contributed by atoms with Crippen LogP contribution >= 0.6 is 15.9 Å². The molecule has 0 aliphatic carbocycles. The summed E-state index contributed by atoms with van der Waals surface area (Å²) >= 11 is 3.61. The molecule has 43 heavy (non-hydrogen) atoms. The monoisotopic (exact) mass is 644 g/mol. The van der Waals surface area contributed by atoms with Gasteiger partial charge in [0.25, 0.3) is 5.91 Å². The lowest BCUT2D eigenvalue weighted by molar-refractivity contribution is -0.128. The number of aromatic nitrogens is 3. The number of amides is 2. The van der Waals surface area contributed by atoms with Crippen LogP contribution in [-0.4, -0.2) is 93.4 Å². The fourth-order valence-corrected chi connectivity index (χ4v) is 6.90. The summed E-state index contributed by atoms with van der Waals surface area (Å²) in [5, 5.41) is 11.2. The maximum atomic E-state index is 14.0. The first-order valence-electron chi connectivity index (χ1n) is 14.5. The number of carbonyl (C=O) groups is 2. The maximum absolute atomic E-state index is 14.0. The van der Waals surface area contributed by atoms with E-state index < -0.39 is 0 Å². The fourth-order valence-electron chi connectivity index (χ4n) is 6.30. The standard InChI is InChI=1S/C31H33BrN8O3/c1-3-27(41)40-13-12-38(16-21(40)9-10-33)29-24-17-39(30(42)23-15-34-14-20-6-4-8-25(32)28(20)23)18-26(24)35-31(36-29)43-19-22-7-5-11-37(22)2/h3-4,6,8,14-15,21-22H,1,5,7,9,11-13,16-19H2,2H3/t21-,22-/m0/s1.